The number of benzene rings is 2. The van der Waals surface area contributed by atoms with Crippen LogP contribution in [0.2, 0.25) is 0 Å². The third-order valence-electron chi connectivity index (χ3n) is 3.99. The van der Waals surface area contributed by atoms with Gasteiger partial charge in [-0.15, -0.1) is 0 Å². The highest BCUT2D eigenvalue weighted by molar-refractivity contribution is 7.88. The van der Waals surface area contributed by atoms with E-state index in [0.717, 1.165) is 11.8 Å². The van der Waals surface area contributed by atoms with Gasteiger partial charge in [0.05, 0.1) is 17.7 Å². The SMILES string of the molecule is CS(=O)(=O)NCCNC(=NCc1ccc([N+](=O)[O-])cc1)NCCc1ccccc1F. The smallest absolute Gasteiger partial charge is 0.269 e. The van der Waals surface area contributed by atoms with Crippen molar-refractivity contribution >= 4 is 21.7 Å². The number of rotatable bonds is 10. The minimum atomic E-state index is -3.29. The Morgan fingerprint density at radius 3 is 2.37 bits per heavy atom. The van der Waals surface area contributed by atoms with Gasteiger partial charge < -0.3 is 10.6 Å². The summed E-state index contributed by atoms with van der Waals surface area (Å²) in [6.45, 7) is 1.13. The van der Waals surface area contributed by atoms with Crippen molar-refractivity contribution in [2.75, 3.05) is 25.9 Å². The molecule has 3 N–H and O–H groups in total. The van der Waals surface area contributed by atoms with Gasteiger partial charge in [-0.25, -0.2) is 22.5 Å². The van der Waals surface area contributed by atoms with Crippen molar-refractivity contribution in [3.63, 3.8) is 0 Å². The number of hydrogen-bond donors (Lipinski definition) is 3. The summed E-state index contributed by atoms with van der Waals surface area (Å²) in [5.74, 6) is 0.133. The van der Waals surface area contributed by atoms with Crippen molar-refractivity contribution in [1.82, 2.24) is 15.4 Å². The number of nitrogens with zero attached hydrogens (tertiary/aromatic N) is 2. The van der Waals surface area contributed by atoms with Crippen molar-refractivity contribution in [3.8, 4) is 0 Å². The largest absolute Gasteiger partial charge is 0.356 e. The number of nitro benzene ring substituents is 1. The molecule has 2 aromatic carbocycles. The summed E-state index contributed by atoms with van der Waals surface area (Å²) in [5, 5.41) is 16.8. The van der Waals surface area contributed by atoms with E-state index in [1.165, 1.54) is 18.2 Å². The summed E-state index contributed by atoms with van der Waals surface area (Å²) in [5.41, 5.74) is 1.33. The third-order valence-corrected chi connectivity index (χ3v) is 4.72. The predicted octanol–water partition coefficient (Wildman–Crippen LogP) is 1.56. The fraction of sp³-hybridized carbons (Fsp3) is 0.316. The van der Waals surface area contributed by atoms with Crippen LogP contribution in [0.5, 0.6) is 0 Å². The van der Waals surface area contributed by atoms with E-state index in [-0.39, 0.29) is 24.6 Å². The normalized spacial score (nSPS) is 11.9. The van der Waals surface area contributed by atoms with Crippen molar-refractivity contribution in [2.45, 2.75) is 13.0 Å². The Kier molecular flexibility index (Phi) is 8.69. The molecule has 0 saturated carbocycles. The highest BCUT2D eigenvalue weighted by Crippen LogP contribution is 2.12. The molecular weight excluding hydrogens is 413 g/mol. The number of halogens is 1. The zero-order chi connectivity index (χ0) is 22.0. The van der Waals surface area contributed by atoms with Crippen molar-refractivity contribution in [3.05, 3.63) is 75.6 Å². The quantitative estimate of drug-likeness (QED) is 0.170. The highest BCUT2D eigenvalue weighted by atomic mass is 32.2. The fourth-order valence-electron chi connectivity index (χ4n) is 2.50. The minimum Gasteiger partial charge on any atom is -0.356 e. The third kappa shape index (κ3) is 8.53. The lowest BCUT2D eigenvalue weighted by molar-refractivity contribution is -0.384. The van der Waals surface area contributed by atoms with Crippen LogP contribution < -0.4 is 15.4 Å². The summed E-state index contributed by atoms with van der Waals surface area (Å²) >= 11 is 0. The molecule has 162 valence electrons. The van der Waals surface area contributed by atoms with Crippen LogP contribution in [0.15, 0.2) is 53.5 Å². The van der Waals surface area contributed by atoms with Crippen molar-refractivity contribution in [1.29, 1.82) is 0 Å². The molecule has 0 amide bonds. The van der Waals surface area contributed by atoms with Gasteiger partial charge in [0.2, 0.25) is 10.0 Å². The second-order valence-electron chi connectivity index (χ2n) is 6.45. The van der Waals surface area contributed by atoms with Gasteiger partial charge in [0.25, 0.3) is 5.69 Å². The van der Waals surface area contributed by atoms with Gasteiger partial charge in [-0.05, 0) is 23.6 Å². The zero-order valence-electron chi connectivity index (χ0n) is 16.5. The first-order valence-corrected chi connectivity index (χ1v) is 11.1. The number of guanidine groups is 1. The molecule has 2 aromatic rings. The van der Waals surface area contributed by atoms with E-state index in [1.54, 1.807) is 30.3 Å². The Morgan fingerprint density at radius 2 is 1.73 bits per heavy atom. The second-order valence-corrected chi connectivity index (χ2v) is 8.28. The molecule has 0 heterocycles. The molecule has 0 bridgehead atoms. The molecule has 0 radical (unpaired) electrons. The Balaban J connectivity index is 1.97. The first-order chi connectivity index (χ1) is 14.2. The molecule has 0 aliphatic rings. The number of non-ortho nitro benzene ring substituents is 1. The van der Waals surface area contributed by atoms with Crippen LogP contribution in [0.25, 0.3) is 0 Å². The summed E-state index contributed by atoms with van der Waals surface area (Å²) in [7, 11) is -3.29. The average molecular weight is 437 g/mol. The lowest BCUT2D eigenvalue weighted by atomic mass is 10.1. The molecule has 0 fully saturated rings. The summed E-state index contributed by atoms with van der Waals surface area (Å²) in [4.78, 5) is 14.7. The lowest BCUT2D eigenvalue weighted by Crippen LogP contribution is -2.42. The van der Waals surface area contributed by atoms with Crippen LogP contribution in [-0.2, 0) is 23.0 Å². The first kappa shape index (κ1) is 23.2. The molecule has 30 heavy (non-hydrogen) atoms. The van der Waals surface area contributed by atoms with E-state index >= 15 is 0 Å². The molecule has 0 aliphatic carbocycles. The van der Waals surface area contributed by atoms with Gasteiger partial charge in [-0.3, -0.25) is 10.1 Å². The van der Waals surface area contributed by atoms with Gasteiger partial charge in [-0.1, -0.05) is 30.3 Å². The van der Waals surface area contributed by atoms with E-state index in [4.69, 9.17) is 0 Å². The van der Waals surface area contributed by atoms with E-state index in [9.17, 15) is 22.9 Å². The van der Waals surface area contributed by atoms with Crippen molar-refractivity contribution in [2.24, 2.45) is 4.99 Å². The second kappa shape index (κ2) is 11.2. The van der Waals surface area contributed by atoms with Crippen LogP contribution >= 0.6 is 0 Å². The number of hydrogen-bond acceptors (Lipinski definition) is 5. The Morgan fingerprint density at radius 1 is 1.07 bits per heavy atom. The molecule has 0 saturated heterocycles. The van der Waals surface area contributed by atoms with Crippen LogP contribution in [0.3, 0.4) is 0 Å². The molecule has 2 rings (SSSR count). The lowest BCUT2D eigenvalue weighted by Gasteiger charge is -2.13. The molecule has 0 aromatic heterocycles. The maximum Gasteiger partial charge on any atom is 0.269 e. The van der Waals surface area contributed by atoms with E-state index in [1.807, 2.05) is 0 Å². The van der Waals surface area contributed by atoms with Gasteiger partial charge in [-0.2, -0.15) is 0 Å². The first-order valence-electron chi connectivity index (χ1n) is 9.18. The number of aliphatic imine (C=N–C) groups is 1. The number of nitro groups is 1. The van der Waals surface area contributed by atoms with E-state index in [0.29, 0.717) is 31.0 Å². The van der Waals surface area contributed by atoms with Crippen molar-refractivity contribution < 1.29 is 17.7 Å². The van der Waals surface area contributed by atoms with Crippen LogP contribution in [0.4, 0.5) is 10.1 Å². The average Bonchev–Trinajstić information content (AvgIpc) is 2.69. The Bertz CT molecular complexity index is 981. The Labute approximate surface area is 174 Å². The van der Waals surface area contributed by atoms with Crippen LogP contribution in [-0.4, -0.2) is 45.2 Å². The molecule has 0 unspecified atom stereocenters. The highest BCUT2D eigenvalue weighted by Gasteiger charge is 2.06. The predicted molar refractivity (Wildman–Crippen MR) is 113 cm³/mol. The molecule has 0 atom stereocenters. The zero-order valence-corrected chi connectivity index (χ0v) is 17.3. The summed E-state index contributed by atoms with van der Waals surface area (Å²) in [6.07, 6.45) is 1.51. The molecule has 11 heteroatoms. The van der Waals surface area contributed by atoms with Gasteiger partial charge in [0, 0.05) is 31.8 Å². The Hall–Kier alpha value is -3.05. The maximum absolute atomic E-state index is 13.7. The van der Waals surface area contributed by atoms with Crippen LogP contribution in [0.1, 0.15) is 11.1 Å². The topological polar surface area (TPSA) is 126 Å². The fourth-order valence-corrected chi connectivity index (χ4v) is 2.97. The maximum atomic E-state index is 13.7. The van der Waals surface area contributed by atoms with E-state index in [2.05, 4.69) is 20.3 Å². The summed E-state index contributed by atoms with van der Waals surface area (Å²) in [6, 6.07) is 12.5. The molecule has 9 nitrogen and oxygen atoms in total. The standard InChI is InChI=1S/C19H24FN5O4S/c1-30(28,29)24-13-12-22-19(21-11-10-16-4-2-3-5-18(16)20)23-14-15-6-8-17(9-7-15)25(26)27/h2-9,24H,10-14H2,1H3,(H2,21,22,23). The molecule has 0 aliphatic heterocycles. The van der Waals surface area contributed by atoms with Crippen LogP contribution in [0, 0.1) is 15.9 Å². The summed E-state index contributed by atoms with van der Waals surface area (Å²) < 4.78 is 38.4. The number of nitrogens with one attached hydrogen (secondary N) is 3. The molecule has 0 spiro atoms. The van der Waals surface area contributed by atoms with Gasteiger partial charge >= 0.3 is 0 Å². The monoisotopic (exact) mass is 437 g/mol. The van der Waals surface area contributed by atoms with Gasteiger partial charge in [0.1, 0.15) is 5.82 Å². The van der Waals surface area contributed by atoms with Gasteiger partial charge in [0.15, 0.2) is 5.96 Å². The minimum absolute atomic E-state index is 0.00376. The molecular formula is C19H24FN5O4S. The number of sulfonamides is 1. The van der Waals surface area contributed by atoms with E-state index < -0.39 is 14.9 Å².